The molecule has 1 heterocycles. The second kappa shape index (κ2) is 8.08. The summed E-state index contributed by atoms with van der Waals surface area (Å²) in [6.07, 6.45) is 2.29. The van der Waals surface area contributed by atoms with E-state index < -0.39 is 0 Å². The Hall–Kier alpha value is -1.32. The highest BCUT2D eigenvalue weighted by Crippen LogP contribution is 2.24. The van der Waals surface area contributed by atoms with Crippen molar-refractivity contribution in [3.8, 4) is 0 Å². The normalized spacial score (nSPS) is 12.3. The summed E-state index contributed by atoms with van der Waals surface area (Å²) in [7, 11) is 0. The third kappa shape index (κ3) is 4.36. The van der Waals surface area contributed by atoms with Crippen LogP contribution in [0.4, 0.5) is 11.6 Å². The minimum absolute atomic E-state index is 0.677. The molecular weight excluding hydrogens is 248 g/mol. The minimum Gasteiger partial charge on any atom is -0.370 e. The molecule has 4 nitrogen and oxygen atoms in total. The van der Waals surface area contributed by atoms with Gasteiger partial charge in [0.15, 0.2) is 0 Å². The molecule has 0 aliphatic rings. The first-order chi connectivity index (χ1) is 9.53. The number of hydrogen-bond donors (Lipinski definition) is 1. The average Bonchev–Trinajstić information content (AvgIpc) is 2.45. The Morgan fingerprint density at radius 2 is 1.85 bits per heavy atom. The molecule has 20 heavy (non-hydrogen) atoms. The van der Waals surface area contributed by atoms with Gasteiger partial charge < -0.3 is 10.2 Å². The van der Waals surface area contributed by atoms with Crippen molar-refractivity contribution in [3.05, 3.63) is 11.4 Å². The number of rotatable bonds is 8. The molecule has 1 atom stereocenters. The Morgan fingerprint density at radius 3 is 2.40 bits per heavy atom. The van der Waals surface area contributed by atoms with Crippen LogP contribution in [0.15, 0.2) is 0 Å². The lowest BCUT2D eigenvalue weighted by atomic mass is 10.1. The molecule has 0 bridgehead atoms. The van der Waals surface area contributed by atoms with Crippen LogP contribution in [0.5, 0.6) is 0 Å². The predicted molar refractivity (Wildman–Crippen MR) is 87.6 cm³/mol. The van der Waals surface area contributed by atoms with Gasteiger partial charge in [-0.25, -0.2) is 9.97 Å². The van der Waals surface area contributed by atoms with E-state index in [4.69, 9.17) is 0 Å². The number of nitrogens with zero attached hydrogens (tertiary/aromatic N) is 3. The lowest BCUT2D eigenvalue weighted by Crippen LogP contribution is -2.30. The SMILES string of the molecule is CCCNc1nc(C)nc(N(CC)CC(C)CC)c1C. The molecule has 114 valence electrons. The van der Waals surface area contributed by atoms with E-state index in [1.54, 1.807) is 0 Å². The summed E-state index contributed by atoms with van der Waals surface area (Å²) in [5.74, 6) is 3.58. The molecule has 0 fully saturated rings. The second-order valence-corrected chi connectivity index (χ2v) is 5.55. The summed E-state index contributed by atoms with van der Waals surface area (Å²) in [4.78, 5) is 11.6. The van der Waals surface area contributed by atoms with Gasteiger partial charge >= 0.3 is 0 Å². The van der Waals surface area contributed by atoms with Gasteiger partial charge in [0.2, 0.25) is 0 Å². The summed E-state index contributed by atoms with van der Waals surface area (Å²) < 4.78 is 0. The highest BCUT2D eigenvalue weighted by atomic mass is 15.2. The van der Waals surface area contributed by atoms with Gasteiger partial charge in [-0.05, 0) is 33.1 Å². The van der Waals surface area contributed by atoms with Crippen LogP contribution in [0.2, 0.25) is 0 Å². The van der Waals surface area contributed by atoms with E-state index in [-0.39, 0.29) is 0 Å². The minimum atomic E-state index is 0.677. The highest BCUT2D eigenvalue weighted by Gasteiger charge is 2.16. The Labute approximate surface area is 124 Å². The summed E-state index contributed by atoms with van der Waals surface area (Å²) in [6.45, 7) is 16.0. The van der Waals surface area contributed by atoms with Crippen molar-refractivity contribution in [1.82, 2.24) is 9.97 Å². The topological polar surface area (TPSA) is 41.1 Å². The van der Waals surface area contributed by atoms with Gasteiger partial charge in [0.1, 0.15) is 17.5 Å². The van der Waals surface area contributed by atoms with Gasteiger partial charge in [-0.15, -0.1) is 0 Å². The number of aryl methyl sites for hydroxylation is 1. The lowest BCUT2D eigenvalue weighted by Gasteiger charge is -2.27. The van der Waals surface area contributed by atoms with Gasteiger partial charge in [0, 0.05) is 25.2 Å². The highest BCUT2D eigenvalue weighted by molar-refractivity contribution is 5.58. The van der Waals surface area contributed by atoms with Crippen molar-refractivity contribution in [3.63, 3.8) is 0 Å². The fourth-order valence-corrected chi connectivity index (χ4v) is 2.21. The van der Waals surface area contributed by atoms with Gasteiger partial charge in [0.25, 0.3) is 0 Å². The molecule has 0 aliphatic carbocycles. The largest absolute Gasteiger partial charge is 0.370 e. The quantitative estimate of drug-likeness (QED) is 0.785. The zero-order chi connectivity index (χ0) is 15.1. The zero-order valence-corrected chi connectivity index (χ0v) is 14.0. The Kier molecular flexibility index (Phi) is 6.76. The molecule has 0 aliphatic heterocycles. The van der Waals surface area contributed by atoms with E-state index in [2.05, 4.69) is 54.8 Å². The fraction of sp³-hybridized carbons (Fsp3) is 0.750. The van der Waals surface area contributed by atoms with Crippen LogP contribution in [-0.2, 0) is 0 Å². The summed E-state index contributed by atoms with van der Waals surface area (Å²) in [5, 5.41) is 3.41. The maximum Gasteiger partial charge on any atom is 0.137 e. The van der Waals surface area contributed by atoms with Crippen LogP contribution >= 0.6 is 0 Å². The molecule has 1 aromatic rings. The van der Waals surface area contributed by atoms with Crippen LogP contribution in [0, 0.1) is 19.8 Å². The average molecular weight is 278 g/mol. The van der Waals surface area contributed by atoms with Gasteiger partial charge in [0.05, 0.1) is 0 Å². The molecule has 0 radical (unpaired) electrons. The molecule has 1 rings (SSSR count). The van der Waals surface area contributed by atoms with Crippen LogP contribution in [0.1, 0.15) is 51.9 Å². The van der Waals surface area contributed by atoms with Crippen LogP contribution in [-0.4, -0.2) is 29.6 Å². The Bertz CT molecular complexity index is 417. The first kappa shape index (κ1) is 16.7. The van der Waals surface area contributed by atoms with Crippen molar-refractivity contribution in [2.24, 2.45) is 5.92 Å². The number of aromatic nitrogens is 2. The van der Waals surface area contributed by atoms with Crippen molar-refractivity contribution in [1.29, 1.82) is 0 Å². The number of hydrogen-bond acceptors (Lipinski definition) is 4. The maximum absolute atomic E-state index is 4.67. The molecule has 1 N–H and O–H groups in total. The standard InChI is InChI=1S/C16H30N4/c1-7-10-17-15-13(5)16(19-14(6)18-15)20(9-3)11-12(4)8-2/h12H,7-11H2,1-6H3,(H,17,18,19). The third-order valence-electron chi connectivity index (χ3n) is 3.68. The molecule has 0 saturated carbocycles. The van der Waals surface area contributed by atoms with E-state index in [0.29, 0.717) is 5.92 Å². The Morgan fingerprint density at radius 1 is 1.15 bits per heavy atom. The van der Waals surface area contributed by atoms with Crippen LogP contribution < -0.4 is 10.2 Å². The van der Waals surface area contributed by atoms with Crippen molar-refractivity contribution in [2.75, 3.05) is 29.9 Å². The van der Waals surface area contributed by atoms with Crippen LogP contribution in [0.25, 0.3) is 0 Å². The van der Waals surface area contributed by atoms with Gasteiger partial charge in [-0.2, -0.15) is 0 Å². The summed E-state index contributed by atoms with van der Waals surface area (Å²) in [6, 6.07) is 0. The van der Waals surface area contributed by atoms with Gasteiger partial charge in [-0.3, -0.25) is 0 Å². The van der Waals surface area contributed by atoms with E-state index in [9.17, 15) is 0 Å². The monoisotopic (exact) mass is 278 g/mol. The van der Waals surface area contributed by atoms with Crippen molar-refractivity contribution < 1.29 is 0 Å². The smallest absolute Gasteiger partial charge is 0.137 e. The zero-order valence-electron chi connectivity index (χ0n) is 14.0. The molecule has 0 aromatic carbocycles. The molecular formula is C16H30N4. The molecule has 0 spiro atoms. The van der Waals surface area contributed by atoms with E-state index in [1.807, 2.05) is 6.92 Å². The fourth-order valence-electron chi connectivity index (χ4n) is 2.21. The second-order valence-electron chi connectivity index (χ2n) is 5.55. The molecule has 0 saturated heterocycles. The third-order valence-corrected chi connectivity index (χ3v) is 3.68. The van der Waals surface area contributed by atoms with Crippen LogP contribution in [0.3, 0.4) is 0 Å². The van der Waals surface area contributed by atoms with E-state index in [1.165, 1.54) is 6.42 Å². The molecule has 4 heteroatoms. The number of anilines is 2. The summed E-state index contributed by atoms with van der Waals surface area (Å²) >= 11 is 0. The maximum atomic E-state index is 4.67. The number of nitrogens with one attached hydrogen (secondary N) is 1. The van der Waals surface area contributed by atoms with Crippen molar-refractivity contribution >= 4 is 11.6 Å². The predicted octanol–water partition coefficient (Wildman–Crippen LogP) is 3.79. The Balaban J connectivity index is 3.04. The lowest BCUT2D eigenvalue weighted by molar-refractivity contribution is 0.544. The first-order valence-corrected chi connectivity index (χ1v) is 7.87. The summed E-state index contributed by atoms with van der Waals surface area (Å²) in [5.41, 5.74) is 1.16. The van der Waals surface area contributed by atoms with Crippen molar-refractivity contribution in [2.45, 2.75) is 54.4 Å². The first-order valence-electron chi connectivity index (χ1n) is 7.87. The molecule has 1 unspecified atom stereocenters. The van der Waals surface area contributed by atoms with E-state index in [0.717, 1.165) is 49.1 Å². The van der Waals surface area contributed by atoms with Gasteiger partial charge in [-0.1, -0.05) is 27.2 Å². The van der Waals surface area contributed by atoms with E-state index >= 15 is 0 Å². The molecule has 0 amide bonds. The molecule has 1 aromatic heterocycles.